The molecule has 23 heavy (non-hydrogen) atoms. The minimum Gasteiger partial charge on any atom is -0.347 e. The summed E-state index contributed by atoms with van der Waals surface area (Å²) < 4.78 is 0. The van der Waals surface area contributed by atoms with Crippen LogP contribution in [0.3, 0.4) is 0 Å². The summed E-state index contributed by atoms with van der Waals surface area (Å²) in [6.07, 6.45) is 3.52. The van der Waals surface area contributed by atoms with Crippen LogP contribution in [0.4, 0.5) is 0 Å². The van der Waals surface area contributed by atoms with Crippen LogP contribution in [0.5, 0.6) is 0 Å². The Labute approximate surface area is 142 Å². The van der Waals surface area contributed by atoms with Crippen molar-refractivity contribution in [3.8, 4) is 0 Å². The molecule has 0 saturated carbocycles. The number of rotatable bonds is 13. The first kappa shape index (κ1) is 21.5. The number of unbranched alkanes of at least 4 members (excludes halogenated alkanes) is 2. The van der Waals surface area contributed by atoms with Gasteiger partial charge in [-0.3, -0.25) is 14.4 Å². The fourth-order valence-electron chi connectivity index (χ4n) is 1.61. The smallest absolute Gasteiger partial charge is 0.242 e. The van der Waals surface area contributed by atoms with E-state index in [9.17, 15) is 19.2 Å². The van der Waals surface area contributed by atoms with Crippen molar-refractivity contribution in [2.75, 3.05) is 11.6 Å². The normalized spacial score (nSPS) is 12.8. The maximum Gasteiger partial charge on any atom is 0.242 e. The van der Waals surface area contributed by atoms with Gasteiger partial charge in [-0.15, -0.1) is 11.8 Å². The zero-order valence-electron chi connectivity index (χ0n) is 13.6. The molecule has 0 fully saturated rings. The highest BCUT2D eigenvalue weighted by Crippen LogP contribution is 2.06. The fourth-order valence-corrected chi connectivity index (χ4v) is 2.41. The summed E-state index contributed by atoms with van der Waals surface area (Å²) in [6, 6.07) is -1.35. The lowest BCUT2D eigenvalue weighted by atomic mass is 9.97. The van der Waals surface area contributed by atoms with E-state index in [0.717, 1.165) is 25.0 Å². The van der Waals surface area contributed by atoms with E-state index >= 15 is 0 Å². The topological polar surface area (TPSA) is 104 Å². The van der Waals surface area contributed by atoms with Gasteiger partial charge in [0.05, 0.1) is 11.6 Å². The molecule has 3 N–H and O–H groups in total. The van der Waals surface area contributed by atoms with Crippen LogP contribution in [0, 0.1) is 0 Å². The molecule has 0 heterocycles. The molecular weight excluding hydrogens is 317 g/mol. The SMILES string of the molecule is [B]C(=O)CCCCCSCNC(=O)C(C)NC(=O)C(C)NC=O. The first-order chi connectivity index (χ1) is 10.9. The van der Waals surface area contributed by atoms with Crippen molar-refractivity contribution in [3.05, 3.63) is 0 Å². The van der Waals surface area contributed by atoms with Gasteiger partial charge >= 0.3 is 0 Å². The monoisotopic (exact) mass is 341 g/mol. The number of thioether (sulfide) groups is 1. The highest BCUT2D eigenvalue weighted by molar-refractivity contribution is 7.99. The molecule has 0 aromatic rings. The Hall–Kier alpha value is -1.51. The van der Waals surface area contributed by atoms with E-state index in [-0.39, 0.29) is 11.6 Å². The van der Waals surface area contributed by atoms with Crippen LogP contribution in [0.2, 0.25) is 0 Å². The van der Waals surface area contributed by atoms with Crippen molar-refractivity contribution < 1.29 is 19.2 Å². The van der Waals surface area contributed by atoms with E-state index < -0.39 is 18.0 Å². The molecule has 0 aromatic heterocycles. The molecule has 0 spiro atoms. The standard InChI is InChI=1S/C14H24BN3O4S/c1-10(16-8-19)14(22)18-11(2)13(21)17-9-23-7-5-3-4-6-12(15)20/h8,10-11H,3-7,9H2,1-2H3,(H,16,19)(H,17,21)(H,18,22). The molecule has 2 unspecified atom stereocenters. The van der Waals surface area contributed by atoms with E-state index in [1.165, 1.54) is 6.92 Å². The molecule has 0 aliphatic rings. The molecule has 0 aromatic carbocycles. The maximum absolute atomic E-state index is 11.8. The quantitative estimate of drug-likeness (QED) is 0.184. The van der Waals surface area contributed by atoms with E-state index in [2.05, 4.69) is 16.0 Å². The zero-order chi connectivity index (χ0) is 17.7. The van der Waals surface area contributed by atoms with Gasteiger partial charge in [-0.2, -0.15) is 0 Å². The molecule has 128 valence electrons. The van der Waals surface area contributed by atoms with Gasteiger partial charge in [0.15, 0.2) is 7.85 Å². The van der Waals surface area contributed by atoms with Crippen molar-refractivity contribution in [1.82, 2.24) is 16.0 Å². The van der Waals surface area contributed by atoms with E-state index in [0.29, 0.717) is 18.7 Å². The second-order valence-corrected chi connectivity index (χ2v) is 6.21. The predicted octanol–water partition coefficient (Wildman–Crippen LogP) is -0.312. The van der Waals surface area contributed by atoms with E-state index in [4.69, 9.17) is 7.85 Å². The average Bonchev–Trinajstić information content (AvgIpc) is 2.49. The first-order valence-corrected chi connectivity index (χ1v) is 8.67. The summed E-state index contributed by atoms with van der Waals surface area (Å²) in [4.78, 5) is 44.2. The van der Waals surface area contributed by atoms with Gasteiger partial charge in [0.1, 0.15) is 12.1 Å². The van der Waals surface area contributed by atoms with E-state index in [1.54, 1.807) is 18.7 Å². The molecule has 0 saturated heterocycles. The lowest BCUT2D eigenvalue weighted by molar-refractivity contribution is -0.129. The lowest BCUT2D eigenvalue weighted by Crippen LogP contribution is -2.50. The molecule has 3 amide bonds. The average molecular weight is 341 g/mol. The minimum atomic E-state index is -0.683. The summed E-state index contributed by atoms with van der Waals surface area (Å²) in [7, 11) is 5.04. The lowest BCUT2D eigenvalue weighted by Gasteiger charge is -2.16. The second kappa shape index (κ2) is 13.0. The van der Waals surface area contributed by atoms with Gasteiger partial charge in [0, 0.05) is 0 Å². The highest BCUT2D eigenvalue weighted by atomic mass is 32.2. The largest absolute Gasteiger partial charge is 0.347 e. The third-order valence-corrected chi connectivity index (χ3v) is 3.95. The summed E-state index contributed by atoms with van der Waals surface area (Å²) in [5.41, 5.74) is -0.279. The molecule has 7 nitrogen and oxygen atoms in total. The van der Waals surface area contributed by atoms with Crippen LogP contribution in [-0.4, -0.2) is 55.5 Å². The van der Waals surface area contributed by atoms with E-state index in [1.807, 2.05) is 0 Å². The molecular formula is C14H24BN3O4S. The first-order valence-electron chi connectivity index (χ1n) is 7.52. The Morgan fingerprint density at radius 3 is 2.39 bits per heavy atom. The van der Waals surface area contributed by atoms with Gasteiger partial charge < -0.3 is 20.7 Å². The van der Waals surface area contributed by atoms with Gasteiger partial charge in [-0.25, -0.2) is 0 Å². The maximum atomic E-state index is 11.8. The Morgan fingerprint density at radius 1 is 1.09 bits per heavy atom. The summed E-state index contributed by atoms with van der Waals surface area (Å²) in [5, 5.41) is 7.55. The fraction of sp³-hybridized carbons (Fsp3) is 0.714. The zero-order valence-corrected chi connectivity index (χ0v) is 14.4. The second-order valence-electron chi connectivity index (χ2n) is 5.11. The minimum absolute atomic E-state index is 0.279. The summed E-state index contributed by atoms with van der Waals surface area (Å²) in [6.45, 7) is 3.11. The molecule has 0 bridgehead atoms. The van der Waals surface area contributed by atoms with Gasteiger partial charge in [0.25, 0.3) is 0 Å². The molecule has 0 aliphatic heterocycles. The van der Waals surface area contributed by atoms with Gasteiger partial charge in [-0.05, 0) is 38.9 Å². The summed E-state index contributed by atoms with van der Waals surface area (Å²) >= 11 is 1.57. The molecule has 2 atom stereocenters. The number of carbonyl (C=O) groups excluding carboxylic acids is 4. The molecule has 0 aliphatic carbocycles. The van der Waals surface area contributed by atoms with Crippen molar-refractivity contribution >= 4 is 43.5 Å². The predicted molar refractivity (Wildman–Crippen MR) is 91.0 cm³/mol. The number of nitrogens with one attached hydrogen (secondary N) is 3. The van der Waals surface area contributed by atoms with Crippen molar-refractivity contribution in [2.45, 2.75) is 51.6 Å². The van der Waals surface area contributed by atoms with Gasteiger partial charge in [-0.1, -0.05) is 6.42 Å². The molecule has 2 radical (unpaired) electrons. The summed E-state index contributed by atoms with van der Waals surface area (Å²) in [5.74, 6) is 0.636. The van der Waals surface area contributed by atoms with Crippen LogP contribution >= 0.6 is 11.8 Å². The number of hydrogen-bond acceptors (Lipinski definition) is 5. The van der Waals surface area contributed by atoms with Crippen molar-refractivity contribution in [1.29, 1.82) is 0 Å². The third-order valence-electron chi connectivity index (χ3n) is 3.02. The van der Waals surface area contributed by atoms with Crippen LogP contribution in [0.15, 0.2) is 0 Å². The van der Waals surface area contributed by atoms with Gasteiger partial charge in [0.2, 0.25) is 18.2 Å². The van der Waals surface area contributed by atoms with Crippen LogP contribution < -0.4 is 16.0 Å². The Bertz CT molecular complexity index is 409. The number of amides is 3. The van der Waals surface area contributed by atoms with Crippen molar-refractivity contribution in [2.24, 2.45) is 0 Å². The van der Waals surface area contributed by atoms with Crippen LogP contribution in [0.1, 0.15) is 39.5 Å². The molecule has 0 rings (SSSR count). The van der Waals surface area contributed by atoms with Crippen LogP contribution in [0.25, 0.3) is 0 Å². The molecule has 9 heteroatoms. The Kier molecular flexibility index (Phi) is 12.1. The number of hydrogen-bond donors (Lipinski definition) is 3. The highest BCUT2D eigenvalue weighted by Gasteiger charge is 2.18. The third kappa shape index (κ3) is 11.7. The van der Waals surface area contributed by atoms with Crippen LogP contribution in [-0.2, 0) is 19.2 Å². The van der Waals surface area contributed by atoms with Crippen molar-refractivity contribution in [3.63, 3.8) is 0 Å². The Morgan fingerprint density at radius 2 is 1.78 bits per heavy atom. The Balaban J connectivity index is 3.70. The number of carbonyl (C=O) groups is 4.